The predicted molar refractivity (Wildman–Crippen MR) is 71.3 cm³/mol. The van der Waals surface area contributed by atoms with Crippen molar-refractivity contribution in [3.63, 3.8) is 0 Å². The van der Waals surface area contributed by atoms with Crippen LogP contribution in [0.25, 0.3) is 0 Å². The molecule has 0 bridgehead atoms. The molecule has 0 spiro atoms. The van der Waals surface area contributed by atoms with Crippen molar-refractivity contribution >= 4 is 39.1 Å². The Kier molecular flexibility index (Phi) is 4.25. The molecule has 1 N–H and O–H groups in total. The Morgan fingerprint density at radius 2 is 2.33 bits per heavy atom. The average molecular weight is 337 g/mol. The summed E-state index contributed by atoms with van der Waals surface area (Å²) >= 11 is 9.09. The zero-order valence-electron chi connectivity index (χ0n) is 9.67. The first-order valence-corrected chi connectivity index (χ1v) is 6.73. The Bertz CT molecular complexity index is 460. The van der Waals surface area contributed by atoms with E-state index in [1.807, 2.05) is 6.92 Å². The fourth-order valence-corrected chi connectivity index (χ4v) is 2.85. The summed E-state index contributed by atoms with van der Waals surface area (Å²) in [6, 6.07) is 2.42. The molecule has 0 radical (unpaired) electrons. The van der Waals surface area contributed by atoms with Crippen LogP contribution in [0.15, 0.2) is 16.6 Å². The van der Waals surface area contributed by atoms with Crippen LogP contribution in [-0.4, -0.2) is 18.6 Å². The first kappa shape index (κ1) is 13.8. The van der Waals surface area contributed by atoms with Crippen LogP contribution in [-0.2, 0) is 9.53 Å². The van der Waals surface area contributed by atoms with E-state index >= 15 is 0 Å². The molecule has 0 saturated carbocycles. The summed E-state index contributed by atoms with van der Waals surface area (Å²) in [6.45, 7) is 2.44. The zero-order valence-corrected chi connectivity index (χ0v) is 12.0. The van der Waals surface area contributed by atoms with E-state index in [4.69, 9.17) is 16.3 Å². The number of nitrogens with one attached hydrogen (secondary N) is 1. The van der Waals surface area contributed by atoms with Crippen LogP contribution in [0, 0.1) is 11.7 Å². The number of carbonyl (C=O) groups is 1. The van der Waals surface area contributed by atoms with Gasteiger partial charge in [-0.3, -0.25) is 4.79 Å². The summed E-state index contributed by atoms with van der Waals surface area (Å²) in [6.07, 6.45) is 0.576. The average Bonchev–Trinajstić information content (AvgIpc) is 2.69. The predicted octanol–water partition coefficient (Wildman–Crippen LogP) is 3.61. The molecule has 1 saturated heterocycles. The molecule has 0 aliphatic carbocycles. The third-order valence-electron chi connectivity index (χ3n) is 2.97. The number of ether oxygens (including phenoxy) is 1. The van der Waals surface area contributed by atoms with Crippen LogP contribution in [0.3, 0.4) is 0 Å². The van der Waals surface area contributed by atoms with Gasteiger partial charge in [-0.25, -0.2) is 4.39 Å². The molecular weight excluding hydrogens is 324 g/mol. The molecule has 1 heterocycles. The van der Waals surface area contributed by atoms with Gasteiger partial charge in [0.2, 0.25) is 5.91 Å². The van der Waals surface area contributed by atoms with Crippen molar-refractivity contribution < 1.29 is 13.9 Å². The lowest BCUT2D eigenvalue weighted by Gasteiger charge is -2.15. The van der Waals surface area contributed by atoms with Crippen molar-refractivity contribution in [3.05, 3.63) is 27.4 Å². The van der Waals surface area contributed by atoms with Gasteiger partial charge >= 0.3 is 0 Å². The maximum absolute atomic E-state index is 13.1. The molecule has 1 aliphatic rings. The van der Waals surface area contributed by atoms with Crippen LogP contribution in [0.1, 0.15) is 13.3 Å². The molecule has 2 atom stereocenters. The van der Waals surface area contributed by atoms with Crippen molar-refractivity contribution in [1.82, 2.24) is 0 Å². The quantitative estimate of drug-likeness (QED) is 0.896. The Balaban J connectivity index is 2.17. The van der Waals surface area contributed by atoms with Gasteiger partial charge in [-0.15, -0.1) is 0 Å². The van der Waals surface area contributed by atoms with E-state index in [1.165, 1.54) is 6.07 Å². The van der Waals surface area contributed by atoms with E-state index in [9.17, 15) is 9.18 Å². The van der Waals surface area contributed by atoms with Crippen LogP contribution in [0.5, 0.6) is 0 Å². The van der Waals surface area contributed by atoms with Crippen molar-refractivity contribution in [2.75, 3.05) is 11.9 Å². The molecule has 6 heteroatoms. The van der Waals surface area contributed by atoms with Crippen LogP contribution in [0.2, 0.25) is 5.02 Å². The Morgan fingerprint density at radius 1 is 1.61 bits per heavy atom. The van der Waals surface area contributed by atoms with Crippen molar-refractivity contribution in [2.24, 2.45) is 5.92 Å². The van der Waals surface area contributed by atoms with E-state index in [1.54, 1.807) is 0 Å². The number of benzene rings is 1. The first-order valence-electron chi connectivity index (χ1n) is 5.56. The maximum atomic E-state index is 13.1. The fourth-order valence-electron chi connectivity index (χ4n) is 1.95. The molecule has 1 aromatic rings. The second-order valence-electron chi connectivity index (χ2n) is 4.20. The SMILES string of the molecule is CC1OCCC1C(=O)Nc1c(Cl)cc(F)cc1Br. The van der Waals surface area contributed by atoms with E-state index in [2.05, 4.69) is 21.2 Å². The molecule has 18 heavy (non-hydrogen) atoms. The molecule has 1 aromatic carbocycles. The zero-order chi connectivity index (χ0) is 13.3. The third kappa shape index (κ3) is 2.84. The number of hydrogen-bond acceptors (Lipinski definition) is 2. The summed E-state index contributed by atoms with van der Waals surface area (Å²) in [5.74, 6) is -0.810. The lowest BCUT2D eigenvalue weighted by atomic mass is 10.0. The van der Waals surface area contributed by atoms with Gasteiger partial charge in [-0.1, -0.05) is 11.6 Å². The van der Waals surface area contributed by atoms with Crippen LogP contribution in [0.4, 0.5) is 10.1 Å². The normalized spacial score (nSPS) is 23.1. The van der Waals surface area contributed by atoms with E-state index in [0.717, 1.165) is 6.07 Å². The van der Waals surface area contributed by atoms with Crippen LogP contribution >= 0.6 is 27.5 Å². The van der Waals surface area contributed by atoms with Gasteiger partial charge in [0.05, 0.1) is 22.7 Å². The molecule has 1 amide bonds. The monoisotopic (exact) mass is 335 g/mol. The molecule has 98 valence electrons. The fraction of sp³-hybridized carbons (Fsp3) is 0.417. The lowest BCUT2D eigenvalue weighted by Crippen LogP contribution is -2.28. The van der Waals surface area contributed by atoms with Gasteiger partial charge in [0.25, 0.3) is 0 Å². The molecule has 2 rings (SSSR count). The smallest absolute Gasteiger partial charge is 0.230 e. The van der Waals surface area contributed by atoms with Crippen LogP contribution < -0.4 is 5.32 Å². The topological polar surface area (TPSA) is 38.3 Å². The summed E-state index contributed by atoms with van der Waals surface area (Å²) < 4.78 is 18.8. The van der Waals surface area contributed by atoms with Gasteiger partial charge in [0.1, 0.15) is 5.82 Å². The first-order chi connectivity index (χ1) is 8.49. The van der Waals surface area contributed by atoms with E-state index in [0.29, 0.717) is 23.2 Å². The number of hydrogen-bond donors (Lipinski definition) is 1. The Hall–Kier alpha value is -0.650. The second kappa shape index (κ2) is 5.55. The molecule has 3 nitrogen and oxygen atoms in total. The highest BCUT2D eigenvalue weighted by molar-refractivity contribution is 9.10. The van der Waals surface area contributed by atoms with Crippen molar-refractivity contribution in [3.8, 4) is 0 Å². The number of anilines is 1. The number of amides is 1. The highest BCUT2D eigenvalue weighted by atomic mass is 79.9. The highest BCUT2D eigenvalue weighted by Gasteiger charge is 2.31. The molecule has 2 unspecified atom stereocenters. The minimum Gasteiger partial charge on any atom is -0.378 e. The van der Waals surface area contributed by atoms with Gasteiger partial charge in [0, 0.05) is 11.1 Å². The summed E-state index contributed by atoms with van der Waals surface area (Å²) in [5, 5.41) is 2.88. The van der Waals surface area contributed by atoms with E-state index < -0.39 is 5.82 Å². The Morgan fingerprint density at radius 3 is 2.89 bits per heavy atom. The number of carbonyl (C=O) groups excluding carboxylic acids is 1. The second-order valence-corrected chi connectivity index (χ2v) is 5.47. The highest BCUT2D eigenvalue weighted by Crippen LogP contribution is 2.33. The maximum Gasteiger partial charge on any atom is 0.230 e. The summed E-state index contributed by atoms with van der Waals surface area (Å²) in [4.78, 5) is 12.1. The lowest BCUT2D eigenvalue weighted by molar-refractivity contribution is -0.121. The van der Waals surface area contributed by atoms with E-state index in [-0.39, 0.29) is 23.0 Å². The summed E-state index contributed by atoms with van der Waals surface area (Å²) in [5.41, 5.74) is 0.391. The minimum atomic E-state index is -0.456. The molecule has 0 aromatic heterocycles. The molecule has 1 fully saturated rings. The number of halogens is 3. The van der Waals surface area contributed by atoms with Gasteiger partial charge < -0.3 is 10.1 Å². The van der Waals surface area contributed by atoms with Gasteiger partial charge in [0.15, 0.2) is 0 Å². The van der Waals surface area contributed by atoms with Crippen molar-refractivity contribution in [1.29, 1.82) is 0 Å². The third-order valence-corrected chi connectivity index (χ3v) is 3.89. The standard InChI is InChI=1S/C12H12BrClFNO2/c1-6-8(2-3-18-6)12(17)16-11-9(13)4-7(15)5-10(11)14/h4-6,8H,2-3H2,1H3,(H,16,17). The number of rotatable bonds is 2. The van der Waals surface area contributed by atoms with Gasteiger partial charge in [-0.2, -0.15) is 0 Å². The molecule has 1 aliphatic heterocycles. The molecular formula is C12H12BrClFNO2. The van der Waals surface area contributed by atoms with Crippen molar-refractivity contribution in [2.45, 2.75) is 19.4 Å². The van der Waals surface area contributed by atoms with Gasteiger partial charge in [-0.05, 0) is 41.4 Å². The largest absolute Gasteiger partial charge is 0.378 e. The minimum absolute atomic E-state index is 0.108. The summed E-state index contributed by atoms with van der Waals surface area (Å²) in [7, 11) is 0. The Labute approximate surface area is 118 Å².